The fourth-order valence-electron chi connectivity index (χ4n) is 2.64. The summed E-state index contributed by atoms with van der Waals surface area (Å²) in [6.45, 7) is 7.48. The second-order valence-corrected chi connectivity index (χ2v) is 6.01. The molecule has 3 nitrogen and oxygen atoms in total. The summed E-state index contributed by atoms with van der Waals surface area (Å²) >= 11 is 0. The highest BCUT2D eigenvalue weighted by molar-refractivity contribution is 5.33. The third kappa shape index (κ3) is 3.50. The van der Waals surface area contributed by atoms with Gasteiger partial charge in [0.25, 0.3) is 0 Å². The van der Waals surface area contributed by atoms with Gasteiger partial charge in [-0.3, -0.25) is 0 Å². The van der Waals surface area contributed by atoms with Gasteiger partial charge in [0.15, 0.2) is 5.82 Å². The largest absolute Gasteiger partial charge is 0.348 e. The van der Waals surface area contributed by atoms with E-state index in [9.17, 15) is 0 Å². The van der Waals surface area contributed by atoms with Gasteiger partial charge < -0.3 is 4.90 Å². The molecule has 118 valence electrons. The van der Waals surface area contributed by atoms with Crippen LogP contribution < -0.4 is 10.7 Å². The Bertz CT molecular complexity index is 795. The molecule has 0 radical (unpaired) electrons. The fourth-order valence-corrected chi connectivity index (χ4v) is 2.64. The number of rotatable bonds is 4. The molecular weight excluding hydrogens is 282 g/mol. The molecule has 0 bridgehead atoms. The summed E-state index contributed by atoms with van der Waals surface area (Å²) in [5, 5.41) is 1.94. The maximum atomic E-state index is 4.61. The normalized spacial score (nSPS) is 17.3. The first-order chi connectivity index (χ1) is 11.2. The summed E-state index contributed by atoms with van der Waals surface area (Å²) in [5.41, 5.74) is 3.70. The van der Waals surface area contributed by atoms with E-state index >= 15 is 0 Å². The molecular formula is C20H23N3. The quantitative estimate of drug-likeness (QED) is 0.837. The molecule has 0 saturated carbocycles. The van der Waals surface area contributed by atoms with Crippen LogP contribution in [0.3, 0.4) is 0 Å². The number of hydrogen-bond acceptors (Lipinski definition) is 3. The van der Waals surface area contributed by atoms with E-state index in [1.807, 2.05) is 6.08 Å². The Morgan fingerprint density at radius 3 is 2.35 bits per heavy atom. The van der Waals surface area contributed by atoms with Crippen molar-refractivity contribution < 1.29 is 0 Å². The molecule has 0 N–H and O–H groups in total. The number of aryl methyl sites for hydroxylation is 2. The number of hydrogen-bond donors (Lipinski definition) is 0. The van der Waals surface area contributed by atoms with Crippen molar-refractivity contribution in [3.8, 4) is 0 Å². The fraction of sp³-hybridized carbons (Fsp3) is 0.300. The average Bonchev–Trinajstić information content (AvgIpc) is 2.94. The van der Waals surface area contributed by atoms with Crippen molar-refractivity contribution >= 4 is 0 Å². The van der Waals surface area contributed by atoms with Gasteiger partial charge in [0.2, 0.25) is 0 Å². The Morgan fingerprint density at radius 2 is 1.70 bits per heavy atom. The van der Waals surface area contributed by atoms with Crippen molar-refractivity contribution in [2.45, 2.75) is 33.6 Å². The summed E-state index contributed by atoms with van der Waals surface area (Å²) in [4.78, 5) is 11.5. The summed E-state index contributed by atoms with van der Waals surface area (Å²) in [7, 11) is 0. The standard InChI is InChI=1S/C20H23N3/c1-4-5-11-23-12-7-6-8-17(23)9-10-20-21-18-13-15(2)16(3)14-19(18)22-20/h6-10,12-14H,4-5,11H2,1-3H3/b17-9+. The highest BCUT2D eigenvalue weighted by Gasteiger charge is 2.07. The van der Waals surface area contributed by atoms with Crippen LogP contribution in [0.15, 0.2) is 70.2 Å². The van der Waals surface area contributed by atoms with E-state index in [0.717, 1.165) is 23.1 Å². The third-order valence-corrected chi connectivity index (χ3v) is 4.19. The SMILES string of the molecule is CCCCN1C=CC=C/C1=C\C=C1N=c2cc(C)c(C)cc2=N1. The highest BCUT2D eigenvalue weighted by Crippen LogP contribution is 2.14. The van der Waals surface area contributed by atoms with Crippen LogP contribution in [0.5, 0.6) is 0 Å². The number of allylic oxidation sites excluding steroid dienone is 5. The molecule has 0 atom stereocenters. The lowest BCUT2D eigenvalue weighted by atomic mass is 10.1. The van der Waals surface area contributed by atoms with Gasteiger partial charge in [0.05, 0.1) is 10.7 Å². The van der Waals surface area contributed by atoms with Crippen molar-refractivity contribution in [1.82, 2.24) is 4.90 Å². The van der Waals surface area contributed by atoms with Crippen LogP contribution in [-0.2, 0) is 0 Å². The van der Waals surface area contributed by atoms with Crippen LogP contribution in [0, 0.1) is 13.8 Å². The van der Waals surface area contributed by atoms with Gasteiger partial charge in [0, 0.05) is 18.4 Å². The summed E-state index contributed by atoms with van der Waals surface area (Å²) in [6.07, 6.45) is 14.9. The van der Waals surface area contributed by atoms with E-state index in [2.05, 4.69) is 78.3 Å². The molecule has 3 rings (SSSR count). The molecule has 23 heavy (non-hydrogen) atoms. The van der Waals surface area contributed by atoms with Gasteiger partial charge in [-0.2, -0.15) is 0 Å². The minimum Gasteiger partial charge on any atom is -0.348 e. The molecule has 1 aromatic rings. The van der Waals surface area contributed by atoms with Gasteiger partial charge in [-0.25, -0.2) is 9.98 Å². The lowest BCUT2D eigenvalue weighted by Crippen LogP contribution is -2.22. The van der Waals surface area contributed by atoms with E-state index < -0.39 is 0 Å². The maximum Gasteiger partial charge on any atom is 0.153 e. The maximum absolute atomic E-state index is 4.61. The van der Waals surface area contributed by atoms with Crippen LogP contribution in [0.1, 0.15) is 30.9 Å². The van der Waals surface area contributed by atoms with Gasteiger partial charge in [-0.1, -0.05) is 19.4 Å². The molecule has 2 heterocycles. The Hall–Kier alpha value is -2.42. The molecule has 0 saturated heterocycles. The first-order valence-electron chi connectivity index (χ1n) is 8.25. The topological polar surface area (TPSA) is 28.0 Å². The Labute approximate surface area is 137 Å². The van der Waals surface area contributed by atoms with E-state index in [4.69, 9.17) is 0 Å². The zero-order valence-corrected chi connectivity index (χ0v) is 14.1. The van der Waals surface area contributed by atoms with Crippen LogP contribution in [0.2, 0.25) is 0 Å². The average molecular weight is 305 g/mol. The molecule has 2 aliphatic rings. The zero-order chi connectivity index (χ0) is 16.2. The van der Waals surface area contributed by atoms with E-state index in [-0.39, 0.29) is 0 Å². The van der Waals surface area contributed by atoms with Crippen LogP contribution in [-0.4, -0.2) is 11.4 Å². The molecule has 0 unspecified atom stereocenters. The molecule has 0 spiro atoms. The van der Waals surface area contributed by atoms with Crippen LogP contribution in [0.4, 0.5) is 0 Å². The molecule has 3 heteroatoms. The minimum absolute atomic E-state index is 0.774. The Kier molecular flexibility index (Phi) is 4.56. The van der Waals surface area contributed by atoms with E-state index in [1.165, 1.54) is 29.7 Å². The molecule has 0 amide bonds. The Balaban J connectivity index is 1.86. The lowest BCUT2D eigenvalue weighted by Gasteiger charge is -2.23. The Morgan fingerprint density at radius 1 is 1.00 bits per heavy atom. The van der Waals surface area contributed by atoms with Crippen molar-refractivity contribution in [1.29, 1.82) is 0 Å². The minimum atomic E-state index is 0.774. The van der Waals surface area contributed by atoms with Gasteiger partial charge in [0.1, 0.15) is 0 Å². The second-order valence-electron chi connectivity index (χ2n) is 6.01. The zero-order valence-electron chi connectivity index (χ0n) is 14.1. The summed E-state index contributed by atoms with van der Waals surface area (Å²) < 4.78 is 0. The summed E-state index contributed by atoms with van der Waals surface area (Å²) in [5.74, 6) is 0.774. The highest BCUT2D eigenvalue weighted by atomic mass is 15.1. The molecule has 0 fully saturated rings. The van der Waals surface area contributed by atoms with E-state index in [0.29, 0.717) is 0 Å². The molecule has 2 aliphatic heterocycles. The predicted molar refractivity (Wildman–Crippen MR) is 94.3 cm³/mol. The molecule has 0 aromatic heterocycles. The molecule has 0 aliphatic carbocycles. The first-order valence-corrected chi connectivity index (χ1v) is 8.25. The monoisotopic (exact) mass is 305 g/mol. The van der Waals surface area contributed by atoms with Crippen molar-refractivity contribution in [3.05, 3.63) is 82.1 Å². The van der Waals surface area contributed by atoms with Crippen molar-refractivity contribution in [2.24, 2.45) is 9.98 Å². The molecule has 1 aromatic carbocycles. The smallest absolute Gasteiger partial charge is 0.153 e. The number of fused-ring (bicyclic) bond motifs is 1. The third-order valence-electron chi connectivity index (χ3n) is 4.19. The van der Waals surface area contributed by atoms with Crippen molar-refractivity contribution in [3.63, 3.8) is 0 Å². The predicted octanol–water partition coefficient (Wildman–Crippen LogP) is 3.47. The van der Waals surface area contributed by atoms with E-state index in [1.54, 1.807) is 0 Å². The summed E-state index contributed by atoms with van der Waals surface area (Å²) in [6, 6.07) is 4.22. The lowest BCUT2D eigenvalue weighted by molar-refractivity contribution is 0.458. The van der Waals surface area contributed by atoms with Gasteiger partial charge in [-0.15, -0.1) is 0 Å². The number of benzene rings is 1. The van der Waals surface area contributed by atoms with Crippen LogP contribution in [0.25, 0.3) is 0 Å². The number of unbranched alkanes of at least 4 members (excludes halogenated alkanes) is 1. The second kappa shape index (κ2) is 6.78. The van der Waals surface area contributed by atoms with Crippen molar-refractivity contribution in [2.75, 3.05) is 6.54 Å². The first kappa shape index (κ1) is 15.5. The number of nitrogens with zero attached hydrogens (tertiary/aromatic N) is 3. The van der Waals surface area contributed by atoms with Gasteiger partial charge >= 0.3 is 0 Å². The van der Waals surface area contributed by atoms with Gasteiger partial charge in [-0.05, 0) is 67.8 Å². The van der Waals surface area contributed by atoms with Crippen LogP contribution >= 0.6 is 0 Å².